The number of piperidine rings is 1. The van der Waals surface area contributed by atoms with E-state index in [-0.39, 0.29) is 17.6 Å². The second kappa shape index (κ2) is 7.31. The van der Waals surface area contributed by atoms with Crippen molar-refractivity contribution in [2.24, 2.45) is 5.92 Å². The number of halogens is 1. The number of aromatic nitrogens is 2. The largest absolute Gasteiger partial charge is 0.355 e. The van der Waals surface area contributed by atoms with Crippen molar-refractivity contribution in [2.45, 2.75) is 19.8 Å². The number of rotatable bonds is 3. The molecule has 1 aliphatic heterocycles. The van der Waals surface area contributed by atoms with Gasteiger partial charge in [0.2, 0.25) is 5.91 Å². The number of benzene rings is 2. The molecular formula is C21H21FN4O. The highest BCUT2D eigenvalue weighted by Gasteiger charge is 2.27. The van der Waals surface area contributed by atoms with Gasteiger partial charge in [0.1, 0.15) is 11.6 Å². The molecule has 0 aliphatic carbocycles. The molecule has 1 N–H and O–H groups in total. The molecule has 1 aromatic heterocycles. The number of carbonyl (C=O) groups excluding carboxylic acids is 1. The van der Waals surface area contributed by atoms with E-state index in [9.17, 15) is 9.18 Å². The lowest BCUT2D eigenvalue weighted by atomic mass is 9.97. The maximum atomic E-state index is 13.7. The monoisotopic (exact) mass is 364 g/mol. The van der Waals surface area contributed by atoms with Gasteiger partial charge in [-0.3, -0.25) is 9.78 Å². The molecule has 3 aromatic rings. The third-order valence-electron chi connectivity index (χ3n) is 4.99. The van der Waals surface area contributed by atoms with Crippen LogP contribution >= 0.6 is 0 Å². The first-order chi connectivity index (χ1) is 13.1. The molecule has 0 bridgehead atoms. The fraction of sp³-hybridized carbons (Fsp3) is 0.286. The second-order valence-corrected chi connectivity index (χ2v) is 6.96. The van der Waals surface area contributed by atoms with Gasteiger partial charge in [0.25, 0.3) is 0 Å². The molecule has 0 spiro atoms. The number of hydrogen-bond donors (Lipinski definition) is 1. The predicted octanol–water partition coefficient (Wildman–Crippen LogP) is 3.93. The van der Waals surface area contributed by atoms with Crippen molar-refractivity contribution >= 4 is 28.4 Å². The third-order valence-corrected chi connectivity index (χ3v) is 4.99. The highest BCUT2D eigenvalue weighted by Crippen LogP contribution is 2.24. The highest BCUT2D eigenvalue weighted by atomic mass is 19.1. The number of carbonyl (C=O) groups is 1. The van der Waals surface area contributed by atoms with E-state index in [4.69, 9.17) is 0 Å². The molecule has 27 heavy (non-hydrogen) atoms. The van der Waals surface area contributed by atoms with Crippen LogP contribution in [0.2, 0.25) is 0 Å². The number of hydrogen-bond acceptors (Lipinski definition) is 4. The summed E-state index contributed by atoms with van der Waals surface area (Å²) in [4.78, 5) is 23.9. The normalized spacial score (nSPS) is 17.1. The average Bonchev–Trinajstić information content (AvgIpc) is 2.70. The van der Waals surface area contributed by atoms with E-state index in [1.165, 1.54) is 6.07 Å². The lowest BCUT2D eigenvalue weighted by Crippen LogP contribution is -2.41. The smallest absolute Gasteiger partial charge is 0.229 e. The number of fused-ring (bicyclic) bond motifs is 1. The first-order valence-electron chi connectivity index (χ1n) is 9.14. The summed E-state index contributed by atoms with van der Waals surface area (Å²) in [5, 5.41) is 2.84. The molecule has 5 nitrogen and oxygen atoms in total. The zero-order valence-corrected chi connectivity index (χ0v) is 15.2. The van der Waals surface area contributed by atoms with E-state index in [0.29, 0.717) is 17.8 Å². The Labute approximate surface area is 157 Å². The van der Waals surface area contributed by atoms with Crippen LogP contribution in [0.25, 0.3) is 11.0 Å². The summed E-state index contributed by atoms with van der Waals surface area (Å²) in [6.45, 7) is 3.12. The van der Waals surface area contributed by atoms with E-state index in [0.717, 1.165) is 36.2 Å². The molecular weight excluding hydrogens is 343 g/mol. The molecule has 1 aliphatic rings. The van der Waals surface area contributed by atoms with Crippen LogP contribution in [0.5, 0.6) is 0 Å². The highest BCUT2D eigenvalue weighted by molar-refractivity contribution is 5.93. The van der Waals surface area contributed by atoms with Gasteiger partial charge >= 0.3 is 0 Å². The SMILES string of the molecule is Cc1ccc(NC(=O)[C@H]2CCCN(c3cnc4ccccc4n3)C2)cc1F. The van der Waals surface area contributed by atoms with Crippen LogP contribution < -0.4 is 10.2 Å². The van der Waals surface area contributed by atoms with Crippen LogP contribution in [-0.2, 0) is 4.79 Å². The Bertz CT molecular complexity index is 991. The maximum Gasteiger partial charge on any atom is 0.229 e. The summed E-state index contributed by atoms with van der Waals surface area (Å²) in [6, 6.07) is 12.5. The van der Waals surface area contributed by atoms with Crippen molar-refractivity contribution in [3.05, 3.63) is 60.0 Å². The average molecular weight is 364 g/mol. The minimum atomic E-state index is -0.315. The van der Waals surface area contributed by atoms with Crippen molar-refractivity contribution in [3.8, 4) is 0 Å². The van der Waals surface area contributed by atoms with Gasteiger partial charge in [-0.15, -0.1) is 0 Å². The third kappa shape index (κ3) is 3.74. The van der Waals surface area contributed by atoms with Gasteiger partial charge in [-0.1, -0.05) is 18.2 Å². The Balaban J connectivity index is 1.48. The summed E-state index contributed by atoms with van der Waals surface area (Å²) in [5.74, 6) is 0.213. The molecule has 4 rings (SSSR count). The maximum absolute atomic E-state index is 13.7. The molecule has 0 unspecified atom stereocenters. The second-order valence-electron chi connectivity index (χ2n) is 6.96. The van der Waals surface area contributed by atoms with Gasteiger partial charge in [-0.05, 0) is 49.6 Å². The molecule has 0 saturated carbocycles. The quantitative estimate of drug-likeness (QED) is 0.765. The first-order valence-corrected chi connectivity index (χ1v) is 9.14. The lowest BCUT2D eigenvalue weighted by Gasteiger charge is -2.32. The van der Waals surface area contributed by atoms with E-state index in [1.54, 1.807) is 25.3 Å². The lowest BCUT2D eigenvalue weighted by molar-refractivity contribution is -0.120. The summed E-state index contributed by atoms with van der Waals surface area (Å²) in [6.07, 6.45) is 3.46. The molecule has 1 saturated heterocycles. The van der Waals surface area contributed by atoms with Crippen molar-refractivity contribution in [2.75, 3.05) is 23.3 Å². The molecule has 2 heterocycles. The molecule has 2 aromatic carbocycles. The number of nitrogens with zero attached hydrogens (tertiary/aromatic N) is 3. The van der Waals surface area contributed by atoms with Crippen LogP contribution in [0.15, 0.2) is 48.7 Å². The molecule has 6 heteroatoms. The van der Waals surface area contributed by atoms with Gasteiger partial charge in [-0.2, -0.15) is 0 Å². The van der Waals surface area contributed by atoms with Gasteiger partial charge in [-0.25, -0.2) is 9.37 Å². The standard InChI is InChI=1S/C21H21FN4O/c1-14-8-9-16(11-17(14)22)24-21(27)15-5-4-10-26(13-15)20-12-23-18-6-2-3-7-19(18)25-20/h2-3,6-9,11-12,15H,4-5,10,13H2,1H3,(H,24,27)/t15-/m0/s1. The van der Waals surface area contributed by atoms with Crippen molar-refractivity contribution in [1.82, 2.24) is 9.97 Å². The molecule has 1 atom stereocenters. The van der Waals surface area contributed by atoms with Crippen LogP contribution in [-0.4, -0.2) is 29.0 Å². The zero-order valence-electron chi connectivity index (χ0n) is 15.2. The Morgan fingerprint density at radius 1 is 1.22 bits per heavy atom. The van der Waals surface area contributed by atoms with E-state index in [1.807, 2.05) is 24.3 Å². The van der Waals surface area contributed by atoms with Crippen molar-refractivity contribution < 1.29 is 9.18 Å². The summed E-state index contributed by atoms with van der Waals surface area (Å²) in [7, 11) is 0. The van der Waals surface area contributed by atoms with Gasteiger partial charge in [0.15, 0.2) is 0 Å². The van der Waals surface area contributed by atoms with Crippen LogP contribution in [0.3, 0.4) is 0 Å². The van der Waals surface area contributed by atoms with E-state index in [2.05, 4.69) is 20.2 Å². The topological polar surface area (TPSA) is 58.1 Å². The van der Waals surface area contributed by atoms with Crippen LogP contribution in [0.4, 0.5) is 15.9 Å². The predicted molar refractivity (Wildman–Crippen MR) is 104 cm³/mol. The molecule has 1 amide bonds. The van der Waals surface area contributed by atoms with Crippen molar-refractivity contribution in [1.29, 1.82) is 0 Å². The Morgan fingerprint density at radius 3 is 2.85 bits per heavy atom. The Kier molecular flexibility index (Phi) is 4.71. The first kappa shape index (κ1) is 17.4. The van der Waals surface area contributed by atoms with Gasteiger partial charge in [0.05, 0.1) is 23.1 Å². The Hall–Kier alpha value is -3.02. The Morgan fingerprint density at radius 2 is 2.04 bits per heavy atom. The summed E-state index contributed by atoms with van der Waals surface area (Å²) >= 11 is 0. The number of para-hydroxylation sites is 2. The van der Waals surface area contributed by atoms with Crippen LogP contribution in [0, 0.1) is 18.7 Å². The number of anilines is 2. The number of nitrogens with one attached hydrogen (secondary N) is 1. The summed E-state index contributed by atoms with van der Waals surface area (Å²) in [5.41, 5.74) is 2.75. The number of aryl methyl sites for hydroxylation is 1. The molecule has 138 valence electrons. The molecule has 1 fully saturated rings. The fourth-order valence-corrected chi connectivity index (χ4v) is 3.41. The molecule has 0 radical (unpaired) electrons. The fourth-order valence-electron chi connectivity index (χ4n) is 3.41. The van der Waals surface area contributed by atoms with Crippen molar-refractivity contribution in [3.63, 3.8) is 0 Å². The van der Waals surface area contributed by atoms with E-state index >= 15 is 0 Å². The minimum absolute atomic E-state index is 0.0864. The minimum Gasteiger partial charge on any atom is -0.355 e. The zero-order chi connectivity index (χ0) is 18.8. The summed E-state index contributed by atoms with van der Waals surface area (Å²) < 4.78 is 13.7. The van der Waals surface area contributed by atoms with Gasteiger partial charge < -0.3 is 10.2 Å². The van der Waals surface area contributed by atoms with E-state index < -0.39 is 0 Å². The van der Waals surface area contributed by atoms with Gasteiger partial charge in [0, 0.05) is 18.8 Å². The number of amides is 1. The van der Waals surface area contributed by atoms with Crippen LogP contribution in [0.1, 0.15) is 18.4 Å².